The van der Waals surface area contributed by atoms with Gasteiger partial charge in [0, 0.05) is 32.4 Å². The molecule has 4 heteroatoms. The summed E-state index contributed by atoms with van der Waals surface area (Å²) in [5.41, 5.74) is 8.09. The maximum Gasteiger partial charge on any atom is 0.224 e. The molecule has 0 saturated carbocycles. The number of nitrogens with one attached hydrogen (secondary N) is 1. The first kappa shape index (κ1) is 12.9. The Morgan fingerprint density at radius 2 is 2.28 bits per heavy atom. The normalized spacial score (nSPS) is 19.7. The third kappa shape index (κ3) is 2.64. The molecular formula is C14H21N3O. The highest BCUT2D eigenvalue weighted by molar-refractivity contribution is 5.79. The minimum atomic E-state index is 0.0922. The Labute approximate surface area is 108 Å². The Hall–Kier alpha value is -1.55. The number of amides is 1. The lowest BCUT2D eigenvalue weighted by Crippen LogP contribution is -2.42. The van der Waals surface area contributed by atoms with E-state index in [1.54, 1.807) is 7.05 Å². The van der Waals surface area contributed by atoms with Gasteiger partial charge < -0.3 is 16.0 Å². The number of anilines is 1. The van der Waals surface area contributed by atoms with Crippen LogP contribution in [0.5, 0.6) is 0 Å². The van der Waals surface area contributed by atoms with Gasteiger partial charge in [-0.05, 0) is 24.5 Å². The summed E-state index contributed by atoms with van der Waals surface area (Å²) in [6, 6.07) is 8.18. The van der Waals surface area contributed by atoms with Gasteiger partial charge in [-0.2, -0.15) is 0 Å². The van der Waals surface area contributed by atoms with Crippen LogP contribution in [-0.4, -0.2) is 26.0 Å². The van der Waals surface area contributed by atoms with E-state index in [0.717, 1.165) is 31.5 Å². The smallest absolute Gasteiger partial charge is 0.224 e. The highest BCUT2D eigenvalue weighted by Gasteiger charge is 2.25. The average molecular weight is 247 g/mol. The molecule has 1 aromatic rings. The largest absolute Gasteiger partial charge is 0.370 e. The molecule has 98 valence electrons. The van der Waals surface area contributed by atoms with Crippen molar-refractivity contribution in [2.24, 2.45) is 11.7 Å². The summed E-state index contributed by atoms with van der Waals surface area (Å²) in [7, 11) is 1.70. The van der Waals surface area contributed by atoms with Gasteiger partial charge in [0.1, 0.15) is 0 Å². The molecule has 1 unspecified atom stereocenters. The number of hydrogen-bond donors (Lipinski definition) is 2. The summed E-state index contributed by atoms with van der Waals surface area (Å²) in [5, 5.41) is 2.75. The maximum absolute atomic E-state index is 11.7. The van der Waals surface area contributed by atoms with Crippen LogP contribution in [0.2, 0.25) is 0 Å². The number of carbonyl (C=O) groups excluding carboxylic acids is 1. The van der Waals surface area contributed by atoms with Crippen LogP contribution < -0.4 is 16.0 Å². The highest BCUT2D eigenvalue weighted by atomic mass is 16.1. The molecule has 0 bridgehead atoms. The monoisotopic (exact) mass is 247 g/mol. The van der Waals surface area contributed by atoms with Crippen molar-refractivity contribution in [1.29, 1.82) is 0 Å². The number of nitrogens with two attached hydrogens (primary N) is 1. The Morgan fingerprint density at radius 1 is 1.50 bits per heavy atom. The summed E-state index contributed by atoms with van der Waals surface area (Å²) in [6.45, 7) is 2.33. The summed E-state index contributed by atoms with van der Waals surface area (Å²) >= 11 is 0. The van der Waals surface area contributed by atoms with Crippen molar-refractivity contribution in [1.82, 2.24) is 5.32 Å². The van der Waals surface area contributed by atoms with Crippen LogP contribution in [0.4, 0.5) is 5.69 Å². The van der Waals surface area contributed by atoms with Gasteiger partial charge in [0.2, 0.25) is 5.91 Å². The molecule has 1 aliphatic heterocycles. The molecule has 1 aromatic carbocycles. The predicted molar refractivity (Wildman–Crippen MR) is 73.3 cm³/mol. The van der Waals surface area contributed by atoms with E-state index in [9.17, 15) is 4.79 Å². The van der Waals surface area contributed by atoms with E-state index in [1.165, 1.54) is 5.69 Å². The van der Waals surface area contributed by atoms with Gasteiger partial charge in [0.15, 0.2) is 0 Å². The number of hydrogen-bond acceptors (Lipinski definition) is 3. The number of nitrogens with zero attached hydrogens (tertiary/aromatic N) is 1. The molecule has 1 fully saturated rings. The molecule has 3 N–H and O–H groups in total. The van der Waals surface area contributed by atoms with Gasteiger partial charge in [0.05, 0.1) is 5.92 Å². The molecule has 0 radical (unpaired) electrons. The summed E-state index contributed by atoms with van der Waals surface area (Å²) in [6.07, 6.45) is 2.03. The standard InChI is InChI=1S/C14H21N3O/c1-16-14(18)12-6-4-8-17(10-12)13-7-3-2-5-11(13)9-15/h2-3,5,7,12H,4,6,8-10,15H2,1H3,(H,16,18). The van der Waals surface area contributed by atoms with Gasteiger partial charge in [-0.15, -0.1) is 0 Å². The average Bonchev–Trinajstić information content (AvgIpc) is 2.46. The van der Waals surface area contributed by atoms with Gasteiger partial charge >= 0.3 is 0 Å². The van der Waals surface area contributed by atoms with Crippen molar-refractivity contribution in [2.75, 3.05) is 25.0 Å². The highest BCUT2D eigenvalue weighted by Crippen LogP contribution is 2.26. The first-order valence-corrected chi connectivity index (χ1v) is 6.50. The van der Waals surface area contributed by atoms with Crippen LogP contribution in [0.15, 0.2) is 24.3 Å². The van der Waals surface area contributed by atoms with Crippen molar-refractivity contribution in [3.63, 3.8) is 0 Å². The van der Waals surface area contributed by atoms with Crippen LogP contribution in [0.1, 0.15) is 18.4 Å². The van der Waals surface area contributed by atoms with Crippen LogP contribution in [-0.2, 0) is 11.3 Å². The van der Waals surface area contributed by atoms with Crippen LogP contribution in [0, 0.1) is 5.92 Å². The van der Waals surface area contributed by atoms with E-state index < -0.39 is 0 Å². The second-order valence-corrected chi connectivity index (χ2v) is 4.73. The topological polar surface area (TPSA) is 58.4 Å². The fraction of sp³-hybridized carbons (Fsp3) is 0.500. The molecular weight excluding hydrogens is 226 g/mol. The van der Waals surface area contributed by atoms with Gasteiger partial charge in [-0.25, -0.2) is 0 Å². The van der Waals surface area contributed by atoms with Gasteiger partial charge in [-0.3, -0.25) is 4.79 Å². The van der Waals surface area contributed by atoms with Crippen molar-refractivity contribution in [2.45, 2.75) is 19.4 Å². The number of para-hydroxylation sites is 1. The molecule has 1 aliphatic rings. The third-order valence-electron chi connectivity index (χ3n) is 3.59. The quantitative estimate of drug-likeness (QED) is 0.841. The lowest BCUT2D eigenvalue weighted by molar-refractivity contribution is -0.124. The van der Waals surface area contributed by atoms with Gasteiger partial charge in [-0.1, -0.05) is 18.2 Å². The zero-order chi connectivity index (χ0) is 13.0. The molecule has 0 aromatic heterocycles. The SMILES string of the molecule is CNC(=O)C1CCCN(c2ccccc2CN)C1. The number of carbonyl (C=O) groups is 1. The zero-order valence-electron chi connectivity index (χ0n) is 10.9. The molecule has 18 heavy (non-hydrogen) atoms. The first-order valence-electron chi connectivity index (χ1n) is 6.50. The summed E-state index contributed by atoms with van der Waals surface area (Å²) < 4.78 is 0. The fourth-order valence-electron chi connectivity index (χ4n) is 2.61. The Bertz CT molecular complexity index is 419. The Balaban J connectivity index is 2.15. The zero-order valence-corrected chi connectivity index (χ0v) is 10.9. The number of rotatable bonds is 3. The third-order valence-corrected chi connectivity index (χ3v) is 3.59. The van der Waals surface area contributed by atoms with Crippen LogP contribution >= 0.6 is 0 Å². The maximum atomic E-state index is 11.7. The number of benzene rings is 1. The summed E-state index contributed by atoms with van der Waals surface area (Å²) in [5.74, 6) is 0.236. The molecule has 1 saturated heterocycles. The van der Waals surface area contributed by atoms with Crippen molar-refractivity contribution in [3.05, 3.63) is 29.8 Å². The molecule has 0 spiro atoms. The number of piperidine rings is 1. The molecule has 0 aliphatic carbocycles. The van der Waals surface area contributed by atoms with Crippen LogP contribution in [0.3, 0.4) is 0 Å². The van der Waals surface area contributed by atoms with Crippen molar-refractivity contribution < 1.29 is 4.79 Å². The fourth-order valence-corrected chi connectivity index (χ4v) is 2.61. The molecule has 2 rings (SSSR count). The Morgan fingerprint density at radius 3 is 3.00 bits per heavy atom. The van der Waals surface area contributed by atoms with Gasteiger partial charge in [0.25, 0.3) is 0 Å². The van der Waals surface area contributed by atoms with E-state index >= 15 is 0 Å². The second kappa shape index (κ2) is 5.87. The minimum Gasteiger partial charge on any atom is -0.370 e. The van der Waals surface area contributed by atoms with E-state index in [2.05, 4.69) is 22.3 Å². The van der Waals surface area contributed by atoms with Crippen molar-refractivity contribution >= 4 is 11.6 Å². The van der Waals surface area contributed by atoms with E-state index in [4.69, 9.17) is 5.73 Å². The Kier molecular flexibility index (Phi) is 4.20. The van der Waals surface area contributed by atoms with Crippen LogP contribution in [0.25, 0.3) is 0 Å². The molecule has 1 heterocycles. The molecule has 1 amide bonds. The van der Waals surface area contributed by atoms with Crippen molar-refractivity contribution in [3.8, 4) is 0 Å². The lowest BCUT2D eigenvalue weighted by Gasteiger charge is -2.34. The molecule has 1 atom stereocenters. The second-order valence-electron chi connectivity index (χ2n) is 4.73. The van der Waals surface area contributed by atoms with E-state index in [-0.39, 0.29) is 11.8 Å². The minimum absolute atomic E-state index is 0.0922. The summed E-state index contributed by atoms with van der Waals surface area (Å²) in [4.78, 5) is 14.0. The van der Waals surface area contributed by atoms with E-state index in [0.29, 0.717) is 6.54 Å². The predicted octanol–water partition coefficient (Wildman–Crippen LogP) is 1.11. The molecule has 4 nitrogen and oxygen atoms in total. The van der Waals surface area contributed by atoms with E-state index in [1.807, 2.05) is 12.1 Å². The lowest BCUT2D eigenvalue weighted by atomic mass is 9.96. The first-order chi connectivity index (χ1) is 8.76.